The Morgan fingerprint density at radius 3 is 2.33 bits per heavy atom. The Hall–Kier alpha value is -1.58. The number of hydrogen-bond acceptors (Lipinski definition) is 2. The molecule has 1 aromatic rings. The van der Waals surface area contributed by atoms with Crippen LogP contribution in [0.2, 0.25) is 0 Å². The molecule has 0 amide bonds. The number of aromatic carboxylic acids is 1. The van der Waals surface area contributed by atoms with E-state index in [-0.39, 0.29) is 23.1 Å². The lowest BCUT2D eigenvalue weighted by Crippen LogP contribution is -2.31. The summed E-state index contributed by atoms with van der Waals surface area (Å²) in [5, 5.41) is 9.24. The monoisotopic (exact) mass is 251 g/mol. The van der Waals surface area contributed by atoms with Crippen molar-refractivity contribution in [3.63, 3.8) is 0 Å². The number of nitrogens with zero attached hydrogens (tertiary/aromatic N) is 1. The number of carboxylic acid groups (broad SMARTS) is 1. The van der Waals surface area contributed by atoms with E-state index in [9.17, 15) is 14.7 Å². The Labute approximate surface area is 107 Å². The van der Waals surface area contributed by atoms with Gasteiger partial charge in [-0.05, 0) is 31.7 Å². The molecular weight excluding hydrogens is 230 g/mol. The van der Waals surface area contributed by atoms with E-state index in [0.717, 1.165) is 6.42 Å². The van der Waals surface area contributed by atoms with E-state index in [4.69, 9.17) is 0 Å². The molecule has 0 saturated heterocycles. The minimum atomic E-state index is -0.975. The second-order valence-electron chi connectivity index (χ2n) is 5.02. The van der Waals surface area contributed by atoms with Crippen molar-refractivity contribution in [2.75, 3.05) is 0 Å². The Morgan fingerprint density at radius 1 is 1.39 bits per heavy atom. The maximum Gasteiger partial charge on any atom is 0.337 e. The fraction of sp³-hybridized carbons (Fsp3) is 0.571. The lowest BCUT2D eigenvalue weighted by molar-refractivity contribution is 0.0693. The molecule has 0 radical (unpaired) electrons. The summed E-state index contributed by atoms with van der Waals surface area (Å²) in [6.45, 7) is 9.47. The quantitative estimate of drug-likeness (QED) is 0.895. The lowest BCUT2D eigenvalue weighted by atomic mass is 9.99. The molecule has 0 bridgehead atoms. The van der Waals surface area contributed by atoms with Crippen molar-refractivity contribution in [3.05, 3.63) is 33.2 Å². The van der Waals surface area contributed by atoms with Gasteiger partial charge in [0.15, 0.2) is 0 Å². The van der Waals surface area contributed by atoms with E-state index in [1.807, 2.05) is 20.8 Å². The summed E-state index contributed by atoms with van der Waals surface area (Å²) in [4.78, 5) is 23.4. The van der Waals surface area contributed by atoms with Crippen LogP contribution in [0.15, 0.2) is 10.9 Å². The average molecular weight is 251 g/mol. The molecule has 1 unspecified atom stereocenters. The molecule has 0 aromatic carbocycles. The van der Waals surface area contributed by atoms with Crippen molar-refractivity contribution in [2.24, 2.45) is 5.92 Å². The lowest BCUT2D eigenvalue weighted by Gasteiger charge is -2.25. The van der Waals surface area contributed by atoms with E-state index >= 15 is 0 Å². The molecule has 0 aliphatic carbocycles. The number of aromatic nitrogens is 1. The fourth-order valence-electron chi connectivity index (χ4n) is 2.59. The van der Waals surface area contributed by atoms with Crippen LogP contribution in [0.3, 0.4) is 0 Å². The summed E-state index contributed by atoms with van der Waals surface area (Å²) in [6.07, 6.45) is 0.806. The molecule has 1 aromatic heterocycles. The Kier molecular flexibility index (Phi) is 4.33. The highest BCUT2D eigenvalue weighted by Gasteiger charge is 2.21. The average Bonchev–Trinajstić information content (AvgIpc) is 2.22. The molecule has 1 N–H and O–H groups in total. The van der Waals surface area contributed by atoms with Crippen molar-refractivity contribution in [2.45, 2.75) is 47.1 Å². The number of carbonyl (C=O) groups is 1. The number of pyridine rings is 1. The second-order valence-corrected chi connectivity index (χ2v) is 5.02. The zero-order valence-corrected chi connectivity index (χ0v) is 11.7. The largest absolute Gasteiger partial charge is 0.478 e. The Bertz CT molecular complexity index is 515. The molecule has 1 atom stereocenters. The number of hydrogen-bond donors (Lipinski definition) is 1. The zero-order valence-electron chi connectivity index (χ0n) is 11.7. The standard InChI is InChI=1S/C14H21NO3/c1-6-11(8(2)3)15-10(5)13(14(17)18)9(4)7-12(15)16/h7-8,11H,6H2,1-5H3,(H,17,18). The van der Waals surface area contributed by atoms with Gasteiger partial charge in [0.05, 0.1) is 5.56 Å². The number of carboxylic acids is 1. The minimum absolute atomic E-state index is 0.0381. The first-order chi connectivity index (χ1) is 8.31. The first-order valence-corrected chi connectivity index (χ1v) is 6.27. The third-order valence-electron chi connectivity index (χ3n) is 3.43. The number of aryl methyl sites for hydroxylation is 1. The van der Waals surface area contributed by atoms with E-state index < -0.39 is 5.97 Å². The Balaban J connectivity index is 3.59. The molecule has 4 heteroatoms. The second kappa shape index (κ2) is 5.38. The van der Waals surface area contributed by atoms with Crippen LogP contribution in [0.5, 0.6) is 0 Å². The van der Waals surface area contributed by atoms with Crippen molar-refractivity contribution in [1.29, 1.82) is 0 Å². The van der Waals surface area contributed by atoms with Gasteiger partial charge in [-0.25, -0.2) is 4.79 Å². The fourth-order valence-corrected chi connectivity index (χ4v) is 2.59. The third-order valence-corrected chi connectivity index (χ3v) is 3.43. The summed E-state index contributed by atoms with van der Waals surface area (Å²) < 4.78 is 1.63. The molecule has 4 nitrogen and oxygen atoms in total. The summed E-state index contributed by atoms with van der Waals surface area (Å²) in [5.74, 6) is -0.687. The zero-order chi connectivity index (χ0) is 14.0. The highest BCUT2D eigenvalue weighted by Crippen LogP contribution is 2.23. The van der Waals surface area contributed by atoms with Crippen molar-refractivity contribution in [3.8, 4) is 0 Å². The minimum Gasteiger partial charge on any atom is -0.478 e. The van der Waals surface area contributed by atoms with E-state index in [2.05, 4.69) is 0 Å². The third kappa shape index (κ3) is 2.47. The van der Waals surface area contributed by atoms with Crippen LogP contribution in [-0.2, 0) is 0 Å². The summed E-state index contributed by atoms with van der Waals surface area (Å²) >= 11 is 0. The molecule has 1 rings (SSSR count). The first kappa shape index (κ1) is 14.5. The molecular formula is C14H21NO3. The predicted octanol–water partition coefficient (Wildman–Crippen LogP) is 2.77. The van der Waals surface area contributed by atoms with Gasteiger partial charge in [0.2, 0.25) is 0 Å². The molecule has 0 aliphatic heterocycles. The van der Waals surface area contributed by atoms with Crippen LogP contribution in [0.4, 0.5) is 0 Å². The van der Waals surface area contributed by atoms with Gasteiger partial charge in [0.25, 0.3) is 5.56 Å². The van der Waals surface area contributed by atoms with E-state index in [1.165, 1.54) is 6.07 Å². The van der Waals surface area contributed by atoms with E-state index in [0.29, 0.717) is 11.3 Å². The SMILES string of the molecule is CCC(C(C)C)n1c(C)c(C(=O)O)c(C)cc1=O. The van der Waals surface area contributed by atoms with Gasteiger partial charge in [0, 0.05) is 17.8 Å². The maximum atomic E-state index is 12.1. The van der Waals surface area contributed by atoms with Crippen molar-refractivity contribution < 1.29 is 9.90 Å². The van der Waals surface area contributed by atoms with Gasteiger partial charge in [0.1, 0.15) is 0 Å². The molecule has 0 spiro atoms. The molecule has 1 heterocycles. The molecule has 0 fully saturated rings. The first-order valence-electron chi connectivity index (χ1n) is 6.27. The molecule has 100 valence electrons. The van der Waals surface area contributed by atoms with Crippen LogP contribution in [-0.4, -0.2) is 15.6 Å². The molecule has 0 saturated carbocycles. The number of rotatable bonds is 4. The van der Waals surface area contributed by atoms with Crippen LogP contribution in [0, 0.1) is 19.8 Å². The van der Waals surface area contributed by atoms with E-state index in [1.54, 1.807) is 18.4 Å². The van der Waals surface area contributed by atoms with Gasteiger partial charge in [-0.1, -0.05) is 20.8 Å². The maximum absolute atomic E-state index is 12.1. The normalized spacial score (nSPS) is 12.8. The van der Waals surface area contributed by atoms with Crippen LogP contribution < -0.4 is 5.56 Å². The highest BCUT2D eigenvalue weighted by atomic mass is 16.4. The van der Waals surface area contributed by atoms with Gasteiger partial charge in [-0.15, -0.1) is 0 Å². The van der Waals surface area contributed by atoms with Crippen molar-refractivity contribution >= 4 is 5.97 Å². The summed E-state index contributed by atoms with van der Waals surface area (Å²) in [5.41, 5.74) is 1.21. The van der Waals surface area contributed by atoms with Gasteiger partial charge in [-0.2, -0.15) is 0 Å². The van der Waals surface area contributed by atoms with Crippen LogP contribution in [0.1, 0.15) is 54.8 Å². The van der Waals surface area contributed by atoms with Crippen LogP contribution >= 0.6 is 0 Å². The van der Waals surface area contributed by atoms with Gasteiger partial charge >= 0.3 is 5.97 Å². The molecule has 18 heavy (non-hydrogen) atoms. The highest BCUT2D eigenvalue weighted by molar-refractivity contribution is 5.90. The van der Waals surface area contributed by atoms with Crippen molar-refractivity contribution in [1.82, 2.24) is 4.57 Å². The Morgan fingerprint density at radius 2 is 1.94 bits per heavy atom. The van der Waals surface area contributed by atoms with Gasteiger partial charge < -0.3 is 9.67 Å². The van der Waals surface area contributed by atoms with Gasteiger partial charge in [-0.3, -0.25) is 4.79 Å². The summed E-state index contributed by atoms with van der Waals surface area (Å²) in [7, 11) is 0. The smallest absolute Gasteiger partial charge is 0.337 e. The van der Waals surface area contributed by atoms with Crippen LogP contribution in [0.25, 0.3) is 0 Å². The molecule has 0 aliphatic rings. The summed E-state index contributed by atoms with van der Waals surface area (Å²) in [6, 6.07) is 1.46. The topological polar surface area (TPSA) is 59.3 Å². The predicted molar refractivity (Wildman–Crippen MR) is 71.3 cm³/mol.